The SMILES string of the molecule is CC(C)OC1(O)C=CC(=C(O)c2ccccc2)C(=O)C1. The van der Waals surface area contributed by atoms with Crippen molar-refractivity contribution in [3.8, 4) is 0 Å². The second kappa shape index (κ2) is 5.61. The molecule has 4 nitrogen and oxygen atoms in total. The van der Waals surface area contributed by atoms with Crippen LogP contribution in [-0.4, -0.2) is 27.9 Å². The smallest absolute Gasteiger partial charge is 0.193 e. The van der Waals surface area contributed by atoms with Gasteiger partial charge in [0.25, 0.3) is 0 Å². The van der Waals surface area contributed by atoms with Crippen molar-refractivity contribution in [2.45, 2.75) is 32.2 Å². The van der Waals surface area contributed by atoms with E-state index in [1.807, 2.05) is 6.07 Å². The zero-order chi connectivity index (χ0) is 14.8. The Bertz CT molecular complexity index is 557. The van der Waals surface area contributed by atoms with Crippen molar-refractivity contribution >= 4 is 11.5 Å². The third-order valence-corrected chi connectivity index (χ3v) is 2.97. The fraction of sp³-hybridized carbons (Fsp3) is 0.312. The molecule has 2 rings (SSSR count). The molecule has 0 spiro atoms. The summed E-state index contributed by atoms with van der Waals surface area (Å²) in [6.07, 6.45) is 2.42. The Morgan fingerprint density at radius 1 is 1.30 bits per heavy atom. The van der Waals surface area contributed by atoms with Crippen molar-refractivity contribution < 1.29 is 19.7 Å². The second-order valence-electron chi connectivity index (χ2n) is 5.07. The van der Waals surface area contributed by atoms with Gasteiger partial charge >= 0.3 is 0 Å². The molecular weight excluding hydrogens is 256 g/mol. The van der Waals surface area contributed by atoms with Gasteiger partial charge in [0.2, 0.25) is 0 Å². The van der Waals surface area contributed by atoms with E-state index in [1.54, 1.807) is 38.1 Å². The summed E-state index contributed by atoms with van der Waals surface area (Å²) < 4.78 is 5.33. The molecule has 0 aromatic heterocycles. The Morgan fingerprint density at radius 3 is 2.50 bits per heavy atom. The number of ketones is 1. The highest BCUT2D eigenvalue weighted by atomic mass is 16.6. The first-order valence-electron chi connectivity index (χ1n) is 6.52. The van der Waals surface area contributed by atoms with E-state index in [-0.39, 0.29) is 29.6 Å². The van der Waals surface area contributed by atoms with Crippen LogP contribution in [0.5, 0.6) is 0 Å². The van der Waals surface area contributed by atoms with E-state index in [2.05, 4.69) is 0 Å². The van der Waals surface area contributed by atoms with Gasteiger partial charge in [-0.15, -0.1) is 0 Å². The number of rotatable bonds is 3. The number of hydrogen-bond acceptors (Lipinski definition) is 4. The highest BCUT2D eigenvalue weighted by molar-refractivity contribution is 6.05. The lowest BCUT2D eigenvalue weighted by Gasteiger charge is -2.29. The first kappa shape index (κ1) is 14.5. The van der Waals surface area contributed by atoms with Gasteiger partial charge in [0, 0.05) is 5.56 Å². The Hall–Kier alpha value is -1.91. The first-order valence-corrected chi connectivity index (χ1v) is 6.52. The molecule has 0 saturated heterocycles. The van der Waals surface area contributed by atoms with Crippen molar-refractivity contribution in [2.24, 2.45) is 0 Å². The third-order valence-electron chi connectivity index (χ3n) is 2.97. The number of carbonyl (C=O) groups excluding carboxylic acids is 1. The van der Waals surface area contributed by atoms with Crippen LogP contribution in [-0.2, 0) is 9.53 Å². The molecule has 4 heteroatoms. The predicted octanol–water partition coefficient (Wildman–Crippen LogP) is 2.60. The molecule has 20 heavy (non-hydrogen) atoms. The molecule has 1 aromatic rings. The molecule has 0 fully saturated rings. The van der Waals surface area contributed by atoms with E-state index in [0.717, 1.165) is 0 Å². The average Bonchev–Trinajstić information content (AvgIpc) is 2.37. The van der Waals surface area contributed by atoms with Crippen LogP contribution in [0, 0.1) is 0 Å². The van der Waals surface area contributed by atoms with Gasteiger partial charge in [-0.2, -0.15) is 0 Å². The number of benzene rings is 1. The lowest BCUT2D eigenvalue weighted by atomic mass is 9.93. The highest BCUT2D eigenvalue weighted by Crippen LogP contribution is 2.29. The van der Waals surface area contributed by atoms with Gasteiger partial charge in [0.1, 0.15) is 5.76 Å². The van der Waals surface area contributed by atoms with Gasteiger partial charge in [-0.05, 0) is 26.0 Å². The quantitative estimate of drug-likeness (QED) is 0.505. The largest absolute Gasteiger partial charge is 0.507 e. The third kappa shape index (κ3) is 3.15. The highest BCUT2D eigenvalue weighted by Gasteiger charge is 2.35. The summed E-state index contributed by atoms with van der Waals surface area (Å²) in [6, 6.07) is 8.82. The predicted molar refractivity (Wildman–Crippen MR) is 75.9 cm³/mol. The minimum atomic E-state index is -1.59. The molecule has 0 amide bonds. The summed E-state index contributed by atoms with van der Waals surface area (Å²) in [7, 11) is 0. The van der Waals surface area contributed by atoms with Crippen LogP contribution in [0.15, 0.2) is 48.1 Å². The summed E-state index contributed by atoms with van der Waals surface area (Å²) in [5.74, 6) is -2.03. The van der Waals surface area contributed by atoms with E-state index in [4.69, 9.17) is 4.74 Å². The molecule has 1 unspecified atom stereocenters. The minimum Gasteiger partial charge on any atom is -0.507 e. The fourth-order valence-electron chi connectivity index (χ4n) is 2.14. The Balaban J connectivity index is 2.33. The van der Waals surface area contributed by atoms with Gasteiger partial charge in [-0.25, -0.2) is 0 Å². The number of allylic oxidation sites excluding steroid dienone is 2. The second-order valence-corrected chi connectivity index (χ2v) is 5.07. The Labute approximate surface area is 118 Å². The van der Waals surface area contributed by atoms with Crippen LogP contribution in [0.25, 0.3) is 5.76 Å². The summed E-state index contributed by atoms with van der Waals surface area (Å²) in [5.41, 5.74) is 0.754. The average molecular weight is 274 g/mol. The van der Waals surface area contributed by atoms with E-state index < -0.39 is 5.79 Å². The van der Waals surface area contributed by atoms with Crippen molar-refractivity contribution in [1.82, 2.24) is 0 Å². The molecule has 1 aromatic carbocycles. The summed E-state index contributed by atoms with van der Waals surface area (Å²) in [4.78, 5) is 12.1. The number of aliphatic hydroxyl groups excluding tert-OH is 1. The molecule has 0 aliphatic heterocycles. The molecule has 1 aliphatic carbocycles. The lowest BCUT2D eigenvalue weighted by molar-refractivity contribution is -0.193. The van der Waals surface area contributed by atoms with Crippen LogP contribution in [0.3, 0.4) is 0 Å². The summed E-state index contributed by atoms with van der Waals surface area (Å²) in [6.45, 7) is 3.56. The Morgan fingerprint density at radius 2 is 1.95 bits per heavy atom. The van der Waals surface area contributed by atoms with Crippen LogP contribution in [0.1, 0.15) is 25.8 Å². The zero-order valence-electron chi connectivity index (χ0n) is 11.5. The molecule has 0 radical (unpaired) electrons. The first-order chi connectivity index (χ1) is 9.41. The molecule has 0 heterocycles. The van der Waals surface area contributed by atoms with E-state index in [0.29, 0.717) is 5.56 Å². The van der Waals surface area contributed by atoms with Crippen LogP contribution in [0.4, 0.5) is 0 Å². The number of hydrogen-bond donors (Lipinski definition) is 2. The molecule has 1 aliphatic rings. The monoisotopic (exact) mass is 274 g/mol. The molecule has 1 atom stereocenters. The van der Waals surface area contributed by atoms with Crippen molar-refractivity contribution in [3.63, 3.8) is 0 Å². The van der Waals surface area contributed by atoms with E-state index in [9.17, 15) is 15.0 Å². The minimum absolute atomic E-state index is 0.0848. The van der Waals surface area contributed by atoms with Crippen molar-refractivity contribution in [3.05, 3.63) is 53.6 Å². The van der Waals surface area contributed by atoms with Gasteiger partial charge < -0.3 is 14.9 Å². The maximum Gasteiger partial charge on any atom is 0.193 e. The maximum atomic E-state index is 12.1. The van der Waals surface area contributed by atoms with Gasteiger partial charge in [-0.3, -0.25) is 4.79 Å². The van der Waals surface area contributed by atoms with Crippen LogP contribution in [0.2, 0.25) is 0 Å². The maximum absolute atomic E-state index is 12.1. The van der Waals surface area contributed by atoms with E-state index in [1.165, 1.54) is 12.2 Å². The molecule has 106 valence electrons. The fourth-order valence-corrected chi connectivity index (χ4v) is 2.14. The number of ether oxygens (including phenoxy) is 1. The standard InChI is InChI=1S/C16H18O4/c1-11(2)20-16(19)9-8-13(14(17)10-16)15(18)12-6-4-3-5-7-12/h3-9,11,18-19H,10H2,1-2H3. The van der Waals surface area contributed by atoms with Crippen molar-refractivity contribution in [1.29, 1.82) is 0 Å². The van der Waals surface area contributed by atoms with Crippen LogP contribution >= 0.6 is 0 Å². The van der Waals surface area contributed by atoms with Crippen molar-refractivity contribution in [2.75, 3.05) is 0 Å². The van der Waals surface area contributed by atoms with Gasteiger partial charge in [-0.1, -0.05) is 30.3 Å². The lowest BCUT2D eigenvalue weighted by Crippen LogP contribution is -2.38. The van der Waals surface area contributed by atoms with Gasteiger partial charge in [0.15, 0.2) is 11.6 Å². The van der Waals surface area contributed by atoms with E-state index >= 15 is 0 Å². The topological polar surface area (TPSA) is 66.8 Å². The van der Waals surface area contributed by atoms with Crippen LogP contribution < -0.4 is 0 Å². The number of Topliss-reactive ketones (excluding diaryl/α,β-unsaturated/α-hetero) is 1. The number of carbonyl (C=O) groups is 1. The zero-order valence-corrected chi connectivity index (χ0v) is 11.5. The summed E-state index contributed by atoms with van der Waals surface area (Å²) >= 11 is 0. The van der Waals surface area contributed by atoms with Gasteiger partial charge in [0.05, 0.1) is 18.1 Å². The Kier molecular flexibility index (Phi) is 4.06. The summed E-state index contributed by atoms with van der Waals surface area (Å²) in [5, 5.41) is 20.3. The molecule has 0 bridgehead atoms. The molecule has 2 N–H and O–H groups in total. The molecule has 0 saturated carbocycles. The number of aliphatic hydroxyl groups is 2. The molecular formula is C16H18O4. The normalized spacial score (nSPS) is 25.1.